The predicted molar refractivity (Wildman–Crippen MR) is 124 cm³/mol. The van der Waals surface area contributed by atoms with Crippen molar-refractivity contribution in [3.8, 4) is 10.6 Å². The van der Waals surface area contributed by atoms with Crippen molar-refractivity contribution in [2.45, 2.75) is 25.9 Å². The number of nitrogens with one attached hydrogen (secondary N) is 1. The molecule has 1 aromatic heterocycles. The van der Waals surface area contributed by atoms with E-state index >= 15 is 0 Å². The van der Waals surface area contributed by atoms with Gasteiger partial charge in [-0.2, -0.15) is 0 Å². The van der Waals surface area contributed by atoms with Crippen molar-refractivity contribution in [2.24, 2.45) is 0 Å². The third-order valence-electron chi connectivity index (χ3n) is 5.56. The summed E-state index contributed by atoms with van der Waals surface area (Å²) in [6, 6.07) is 19.2. The molecule has 1 N–H and O–H groups in total. The molecule has 0 bridgehead atoms. The summed E-state index contributed by atoms with van der Waals surface area (Å²) in [4.78, 5) is 31.3. The predicted octanol–water partition coefficient (Wildman–Crippen LogP) is 4.83. The molecule has 4 aromatic rings. The van der Waals surface area contributed by atoms with Gasteiger partial charge in [-0.1, -0.05) is 24.3 Å². The fourth-order valence-corrected chi connectivity index (χ4v) is 4.92. The average molecular weight is 446 g/mol. The molecule has 7 heteroatoms. The zero-order chi connectivity index (χ0) is 22.2. The normalized spacial score (nSPS) is 16.3. The maximum Gasteiger partial charge on any atom is 0.251 e. The Morgan fingerprint density at radius 2 is 1.88 bits per heavy atom. The van der Waals surface area contributed by atoms with Gasteiger partial charge in [0.05, 0.1) is 28.4 Å². The second-order valence-corrected chi connectivity index (χ2v) is 8.86. The summed E-state index contributed by atoms with van der Waals surface area (Å²) in [5.41, 5.74) is 4.05. The number of carbonyl (C=O) groups excluding carboxylic acids is 2. The van der Waals surface area contributed by atoms with Crippen LogP contribution >= 0.6 is 11.3 Å². The van der Waals surface area contributed by atoms with Crippen LogP contribution in [-0.4, -0.2) is 22.8 Å². The fourth-order valence-electron chi connectivity index (χ4n) is 3.85. The van der Waals surface area contributed by atoms with Crippen molar-refractivity contribution in [2.75, 3.05) is 4.90 Å². The third-order valence-corrected chi connectivity index (χ3v) is 6.63. The van der Waals surface area contributed by atoms with Crippen molar-refractivity contribution in [1.82, 2.24) is 10.3 Å². The number of aryl methyl sites for hydroxylation is 1. The van der Waals surface area contributed by atoms with Gasteiger partial charge in [0.25, 0.3) is 5.91 Å². The number of carbonyl (C=O) groups is 2. The van der Waals surface area contributed by atoms with Crippen LogP contribution in [-0.2, 0) is 16.1 Å². The maximum absolute atomic E-state index is 13.8. The Labute approximate surface area is 188 Å². The molecule has 2 amide bonds. The van der Waals surface area contributed by atoms with E-state index in [9.17, 15) is 14.0 Å². The van der Waals surface area contributed by atoms with Crippen molar-refractivity contribution in [1.29, 1.82) is 0 Å². The minimum absolute atomic E-state index is 0.0479. The van der Waals surface area contributed by atoms with E-state index in [1.165, 1.54) is 16.5 Å². The number of aromatic nitrogens is 1. The summed E-state index contributed by atoms with van der Waals surface area (Å²) in [7, 11) is 0. The number of thiazole rings is 1. The van der Waals surface area contributed by atoms with E-state index in [2.05, 4.69) is 23.3 Å². The van der Waals surface area contributed by atoms with Gasteiger partial charge < -0.3 is 5.32 Å². The first kappa shape index (κ1) is 20.5. The minimum Gasteiger partial charge on any atom is -0.301 e. The van der Waals surface area contributed by atoms with E-state index in [0.717, 1.165) is 20.8 Å². The molecule has 1 atom stereocenters. The molecule has 0 spiro atoms. The summed E-state index contributed by atoms with van der Waals surface area (Å²) in [5, 5.41) is 3.90. The van der Waals surface area contributed by atoms with Crippen LogP contribution in [0.25, 0.3) is 20.8 Å². The number of rotatable bonds is 5. The third kappa shape index (κ3) is 3.81. The van der Waals surface area contributed by atoms with Gasteiger partial charge in [-0.25, -0.2) is 14.3 Å². The molecule has 160 valence electrons. The minimum atomic E-state index is -0.672. The zero-order valence-electron chi connectivity index (χ0n) is 17.3. The first-order chi connectivity index (χ1) is 15.5. The number of hydrogen-bond donors (Lipinski definition) is 1. The SMILES string of the molecule is Cc1ccc2nc(-c3ccc(N4C(=O)CC(NCc5ccccc5F)C4=O)cc3)sc2c1. The summed E-state index contributed by atoms with van der Waals surface area (Å²) >= 11 is 1.61. The number of anilines is 1. The van der Waals surface area contributed by atoms with E-state index in [4.69, 9.17) is 0 Å². The lowest BCUT2D eigenvalue weighted by Gasteiger charge is -2.16. The van der Waals surface area contributed by atoms with Crippen molar-refractivity contribution in [3.05, 3.63) is 83.7 Å². The fraction of sp³-hybridized carbons (Fsp3) is 0.160. The molecule has 5 rings (SSSR count). The molecule has 1 fully saturated rings. The number of amides is 2. The molecule has 2 heterocycles. The molecule has 1 unspecified atom stereocenters. The molecule has 5 nitrogen and oxygen atoms in total. The van der Waals surface area contributed by atoms with Crippen LogP contribution in [0.4, 0.5) is 10.1 Å². The average Bonchev–Trinajstić information content (AvgIpc) is 3.33. The van der Waals surface area contributed by atoms with Gasteiger partial charge in [-0.3, -0.25) is 9.59 Å². The van der Waals surface area contributed by atoms with E-state index in [0.29, 0.717) is 11.3 Å². The van der Waals surface area contributed by atoms with Gasteiger partial charge >= 0.3 is 0 Å². The number of benzene rings is 3. The van der Waals surface area contributed by atoms with Crippen LogP contribution in [0.2, 0.25) is 0 Å². The van der Waals surface area contributed by atoms with Crippen LogP contribution in [0.3, 0.4) is 0 Å². The molecule has 0 saturated carbocycles. The second-order valence-electron chi connectivity index (χ2n) is 7.83. The lowest BCUT2D eigenvalue weighted by atomic mass is 10.2. The van der Waals surface area contributed by atoms with E-state index in [1.807, 2.05) is 24.3 Å². The molecular formula is C25H20FN3O2S. The van der Waals surface area contributed by atoms with Crippen molar-refractivity contribution < 1.29 is 14.0 Å². The Bertz CT molecular complexity index is 1330. The van der Waals surface area contributed by atoms with Crippen LogP contribution < -0.4 is 10.2 Å². The molecule has 32 heavy (non-hydrogen) atoms. The van der Waals surface area contributed by atoms with Gasteiger partial charge in [0.1, 0.15) is 10.8 Å². The summed E-state index contributed by atoms with van der Waals surface area (Å²) in [6.07, 6.45) is 0.0479. The molecule has 3 aromatic carbocycles. The Kier molecular flexibility index (Phi) is 5.28. The summed E-state index contributed by atoms with van der Waals surface area (Å²) in [5.74, 6) is -0.937. The van der Waals surface area contributed by atoms with Crippen molar-refractivity contribution >= 4 is 39.1 Å². The van der Waals surface area contributed by atoms with Gasteiger partial charge in [-0.15, -0.1) is 11.3 Å². The zero-order valence-corrected chi connectivity index (χ0v) is 18.2. The standard InChI is InChI=1S/C25H20FN3O2S/c1-15-6-11-20-22(12-15)32-24(28-20)16-7-9-18(10-8-16)29-23(30)13-21(25(29)31)27-14-17-4-2-3-5-19(17)26/h2-12,21,27H,13-14H2,1H3. The number of halogens is 1. The maximum atomic E-state index is 13.8. The van der Waals surface area contributed by atoms with Crippen molar-refractivity contribution in [3.63, 3.8) is 0 Å². The first-order valence-corrected chi connectivity index (χ1v) is 11.1. The quantitative estimate of drug-likeness (QED) is 0.447. The summed E-state index contributed by atoms with van der Waals surface area (Å²) in [6.45, 7) is 2.23. The number of nitrogens with zero attached hydrogens (tertiary/aromatic N) is 2. The molecule has 1 saturated heterocycles. The first-order valence-electron chi connectivity index (χ1n) is 10.3. The van der Waals surface area contributed by atoms with Crippen LogP contribution in [0.15, 0.2) is 66.7 Å². The van der Waals surface area contributed by atoms with Crippen LogP contribution in [0.1, 0.15) is 17.5 Å². The van der Waals surface area contributed by atoms with E-state index in [-0.39, 0.29) is 30.6 Å². The summed E-state index contributed by atoms with van der Waals surface area (Å²) < 4.78 is 15.0. The highest BCUT2D eigenvalue weighted by molar-refractivity contribution is 7.21. The van der Waals surface area contributed by atoms with E-state index in [1.54, 1.807) is 41.7 Å². The Balaban J connectivity index is 1.32. The number of fused-ring (bicyclic) bond motifs is 1. The lowest BCUT2D eigenvalue weighted by Crippen LogP contribution is -2.38. The topological polar surface area (TPSA) is 62.3 Å². The lowest BCUT2D eigenvalue weighted by molar-refractivity contribution is -0.121. The highest BCUT2D eigenvalue weighted by Crippen LogP contribution is 2.32. The van der Waals surface area contributed by atoms with E-state index < -0.39 is 6.04 Å². The second kappa shape index (κ2) is 8.26. The number of hydrogen-bond acceptors (Lipinski definition) is 5. The molecule has 0 radical (unpaired) electrons. The molecule has 1 aliphatic rings. The number of imide groups is 1. The molecule has 0 aliphatic carbocycles. The smallest absolute Gasteiger partial charge is 0.251 e. The largest absolute Gasteiger partial charge is 0.301 e. The van der Waals surface area contributed by atoms with Gasteiger partial charge in [0, 0.05) is 17.7 Å². The highest BCUT2D eigenvalue weighted by atomic mass is 32.1. The van der Waals surface area contributed by atoms with Gasteiger partial charge in [-0.05, 0) is 55.0 Å². The Morgan fingerprint density at radius 3 is 2.66 bits per heavy atom. The van der Waals surface area contributed by atoms with Crippen LogP contribution in [0, 0.1) is 12.7 Å². The Hall–Kier alpha value is -3.42. The monoisotopic (exact) mass is 445 g/mol. The Morgan fingerprint density at radius 1 is 1.09 bits per heavy atom. The molecule has 1 aliphatic heterocycles. The van der Waals surface area contributed by atoms with Gasteiger partial charge in [0.15, 0.2) is 0 Å². The van der Waals surface area contributed by atoms with Crippen LogP contribution in [0.5, 0.6) is 0 Å². The molecular weight excluding hydrogens is 425 g/mol. The van der Waals surface area contributed by atoms with Gasteiger partial charge in [0.2, 0.25) is 5.91 Å². The highest BCUT2D eigenvalue weighted by Gasteiger charge is 2.39.